The summed E-state index contributed by atoms with van der Waals surface area (Å²) < 4.78 is 29.6. The summed E-state index contributed by atoms with van der Waals surface area (Å²) in [5.41, 5.74) is 2.66. The van der Waals surface area contributed by atoms with E-state index >= 15 is 0 Å². The zero-order chi connectivity index (χ0) is 18.9. The Bertz CT molecular complexity index is 877. The standard InChI is InChI=1S/C17H26N6O2S/c1-5-23-16(8-9-18-23)15-11-13(2)19-17(20-15)14-7-6-10-22(12-14)26(24,25)21(3)4/h8-9,11,14H,5-7,10,12H2,1-4H3/t14-/m1/s1. The maximum absolute atomic E-state index is 12.5. The first kappa shape index (κ1) is 18.9. The first-order valence-electron chi connectivity index (χ1n) is 8.88. The Kier molecular flexibility index (Phi) is 5.40. The van der Waals surface area contributed by atoms with E-state index in [0.717, 1.165) is 36.5 Å². The van der Waals surface area contributed by atoms with Crippen molar-refractivity contribution in [2.45, 2.75) is 39.2 Å². The van der Waals surface area contributed by atoms with E-state index in [4.69, 9.17) is 4.98 Å². The van der Waals surface area contributed by atoms with Crippen molar-refractivity contribution in [1.82, 2.24) is 28.4 Å². The molecule has 0 spiro atoms. The van der Waals surface area contributed by atoms with Crippen LogP contribution >= 0.6 is 0 Å². The number of piperidine rings is 1. The molecule has 0 amide bonds. The van der Waals surface area contributed by atoms with Crippen molar-refractivity contribution in [3.63, 3.8) is 0 Å². The van der Waals surface area contributed by atoms with Gasteiger partial charge in [0.05, 0.1) is 11.4 Å². The van der Waals surface area contributed by atoms with Crippen LogP contribution in [-0.2, 0) is 16.8 Å². The lowest BCUT2D eigenvalue weighted by molar-refractivity contribution is 0.293. The van der Waals surface area contributed by atoms with Gasteiger partial charge in [-0.3, -0.25) is 4.68 Å². The largest absolute Gasteiger partial charge is 0.281 e. The summed E-state index contributed by atoms with van der Waals surface area (Å²) in [6.45, 7) is 5.70. The van der Waals surface area contributed by atoms with Gasteiger partial charge in [-0.15, -0.1) is 0 Å². The van der Waals surface area contributed by atoms with Gasteiger partial charge in [-0.05, 0) is 38.8 Å². The predicted octanol–water partition coefficient (Wildman–Crippen LogP) is 1.65. The molecule has 1 fully saturated rings. The molecule has 0 aromatic carbocycles. The summed E-state index contributed by atoms with van der Waals surface area (Å²) >= 11 is 0. The van der Waals surface area contributed by atoms with Gasteiger partial charge < -0.3 is 0 Å². The summed E-state index contributed by atoms with van der Waals surface area (Å²) in [4.78, 5) is 9.37. The lowest BCUT2D eigenvalue weighted by Crippen LogP contribution is -2.45. The van der Waals surface area contributed by atoms with E-state index in [9.17, 15) is 8.42 Å². The van der Waals surface area contributed by atoms with E-state index in [1.54, 1.807) is 20.3 Å². The Hall–Kier alpha value is -1.84. The topological polar surface area (TPSA) is 84.2 Å². The summed E-state index contributed by atoms with van der Waals surface area (Å²) in [6.07, 6.45) is 3.45. The van der Waals surface area contributed by atoms with Crippen LogP contribution in [0.4, 0.5) is 0 Å². The third-order valence-electron chi connectivity index (χ3n) is 4.69. The molecular formula is C17H26N6O2S. The highest BCUT2D eigenvalue weighted by molar-refractivity contribution is 7.86. The van der Waals surface area contributed by atoms with Crippen LogP contribution in [0.5, 0.6) is 0 Å². The van der Waals surface area contributed by atoms with Gasteiger partial charge >= 0.3 is 0 Å². The van der Waals surface area contributed by atoms with E-state index in [1.165, 1.54) is 8.61 Å². The predicted molar refractivity (Wildman–Crippen MR) is 99.8 cm³/mol. The van der Waals surface area contributed by atoms with Crippen LogP contribution in [0.25, 0.3) is 11.4 Å². The Morgan fingerprint density at radius 1 is 1.31 bits per heavy atom. The maximum atomic E-state index is 12.5. The SMILES string of the molecule is CCn1nccc1-c1cc(C)nc([C@@H]2CCCN(S(=O)(=O)N(C)C)C2)n1. The van der Waals surface area contributed by atoms with Crippen molar-refractivity contribution < 1.29 is 8.42 Å². The normalized spacial score (nSPS) is 19.2. The summed E-state index contributed by atoms with van der Waals surface area (Å²) in [5, 5.41) is 4.31. The Morgan fingerprint density at radius 2 is 2.08 bits per heavy atom. The van der Waals surface area contributed by atoms with Crippen LogP contribution in [0.3, 0.4) is 0 Å². The fraction of sp³-hybridized carbons (Fsp3) is 0.588. The van der Waals surface area contributed by atoms with E-state index in [-0.39, 0.29) is 5.92 Å². The third kappa shape index (κ3) is 3.65. The van der Waals surface area contributed by atoms with E-state index in [0.29, 0.717) is 18.9 Å². The van der Waals surface area contributed by atoms with E-state index < -0.39 is 10.2 Å². The molecule has 1 atom stereocenters. The fourth-order valence-electron chi connectivity index (χ4n) is 3.30. The Labute approximate surface area is 155 Å². The molecular weight excluding hydrogens is 352 g/mol. The van der Waals surface area contributed by atoms with Crippen LogP contribution in [0.15, 0.2) is 18.3 Å². The molecule has 0 aliphatic carbocycles. The van der Waals surface area contributed by atoms with Gasteiger partial charge in [0, 0.05) is 51.5 Å². The average Bonchev–Trinajstić information content (AvgIpc) is 3.10. The van der Waals surface area contributed by atoms with E-state index in [2.05, 4.69) is 10.1 Å². The lowest BCUT2D eigenvalue weighted by Gasteiger charge is -2.32. The van der Waals surface area contributed by atoms with Gasteiger partial charge in [0.2, 0.25) is 0 Å². The zero-order valence-electron chi connectivity index (χ0n) is 15.8. The van der Waals surface area contributed by atoms with Crippen LogP contribution in [0.2, 0.25) is 0 Å². The number of hydrogen-bond donors (Lipinski definition) is 0. The molecule has 142 valence electrons. The first-order chi connectivity index (χ1) is 12.3. The van der Waals surface area contributed by atoms with E-state index in [1.807, 2.05) is 30.7 Å². The maximum Gasteiger partial charge on any atom is 0.281 e. The van der Waals surface area contributed by atoms with Gasteiger partial charge in [-0.1, -0.05) is 0 Å². The fourth-order valence-corrected chi connectivity index (χ4v) is 4.49. The first-order valence-corrected chi connectivity index (χ1v) is 10.3. The minimum Gasteiger partial charge on any atom is -0.264 e. The molecule has 1 aliphatic rings. The second kappa shape index (κ2) is 7.42. The second-order valence-corrected chi connectivity index (χ2v) is 8.91. The van der Waals surface area contributed by atoms with Gasteiger partial charge in [0.1, 0.15) is 5.82 Å². The number of rotatable bonds is 5. The number of aromatic nitrogens is 4. The molecule has 8 nitrogen and oxygen atoms in total. The molecule has 0 saturated carbocycles. The molecule has 2 aromatic rings. The molecule has 3 rings (SSSR count). The van der Waals surface area contributed by atoms with Crippen LogP contribution in [-0.4, -0.2) is 64.0 Å². The summed E-state index contributed by atoms with van der Waals surface area (Å²) in [6, 6.07) is 3.89. The molecule has 9 heteroatoms. The molecule has 26 heavy (non-hydrogen) atoms. The van der Waals surface area contributed by atoms with Gasteiger partial charge in [0.15, 0.2) is 0 Å². The van der Waals surface area contributed by atoms with Crippen molar-refractivity contribution in [2.24, 2.45) is 0 Å². The molecule has 3 heterocycles. The lowest BCUT2D eigenvalue weighted by atomic mass is 9.98. The molecule has 1 saturated heterocycles. The quantitative estimate of drug-likeness (QED) is 0.790. The number of hydrogen-bond acceptors (Lipinski definition) is 5. The number of aryl methyl sites for hydroxylation is 2. The van der Waals surface area contributed by atoms with Crippen LogP contribution in [0, 0.1) is 6.92 Å². The van der Waals surface area contributed by atoms with Gasteiger partial charge in [-0.2, -0.15) is 22.1 Å². The molecule has 0 bridgehead atoms. The molecule has 2 aromatic heterocycles. The second-order valence-electron chi connectivity index (χ2n) is 6.77. The monoisotopic (exact) mass is 378 g/mol. The summed E-state index contributed by atoms with van der Waals surface area (Å²) in [5.74, 6) is 0.706. The van der Waals surface area contributed by atoms with Gasteiger partial charge in [-0.25, -0.2) is 9.97 Å². The zero-order valence-corrected chi connectivity index (χ0v) is 16.6. The van der Waals surface area contributed by atoms with Crippen molar-refractivity contribution in [2.75, 3.05) is 27.2 Å². The smallest absolute Gasteiger partial charge is 0.264 e. The van der Waals surface area contributed by atoms with Crippen molar-refractivity contribution in [3.8, 4) is 11.4 Å². The van der Waals surface area contributed by atoms with Gasteiger partial charge in [0.25, 0.3) is 10.2 Å². The van der Waals surface area contributed by atoms with Crippen LogP contribution in [0.1, 0.15) is 37.2 Å². The van der Waals surface area contributed by atoms with Crippen LogP contribution < -0.4 is 0 Å². The highest BCUT2D eigenvalue weighted by atomic mass is 32.2. The number of nitrogens with zero attached hydrogens (tertiary/aromatic N) is 6. The van der Waals surface area contributed by atoms with Crippen molar-refractivity contribution >= 4 is 10.2 Å². The summed E-state index contributed by atoms with van der Waals surface area (Å²) in [7, 11) is -0.295. The minimum absolute atomic E-state index is 0.00452. The Balaban J connectivity index is 1.92. The van der Waals surface area contributed by atoms with Crippen molar-refractivity contribution in [3.05, 3.63) is 29.8 Å². The Morgan fingerprint density at radius 3 is 2.77 bits per heavy atom. The van der Waals surface area contributed by atoms with Crippen molar-refractivity contribution in [1.29, 1.82) is 0 Å². The highest BCUT2D eigenvalue weighted by Gasteiger charge is 2.32. The highest BCUT2D eigenvalue weighted by Crippen LogP contribution is 2.28. The third-order valence-corrected chi connectivity index (χ3v) is 6.59. The average molecular weight is 379 g/mol. The molecule has 0 radical (unpaired) electrons. The minimum atomic E-state index is -3.42. The molecule has 0 unspecified atom stereocenters. The molecule has 1 aliphatic heterocycles. The molecule has 0 N–H and O–H groups in total.